The third-order valence-electron chi connectivity index (χ3n) is 6.15. The highest BCUT2D eigenvalue weighted by atomic mass is 19.1. The monoisotopic (exact) mass is 432 g/mol. The SMILES string of the molecule is COc1ccc(CCC(=O)N2CCCC(c3ccc(Cc4ccc(F)cc4)cn3)C2)cc1. The van der Waals surface area contributed by atoms with E-state index in [-0.39, 0.29) is 17.6 Å². The Hall–Kier alpha value is -3.21. The Bertz CT molecular complexity index is 1020. The zero-order valence-corrected chi connectivity index (χ0v) is 18.5. The molecule has 2 aromatic carbocycles. The maximum atomic E-state index is 13.1. The first-order valence-electron chi connectivity index (χ1n) is 11.2. The number of nitrogens with zero attached hydrogens (tertiary/aromatic N) is 2. The molecule has 1 aliphatic rings. The maximum Gasteiger partial charge on any atom is 0.222 e. The Morgan fingerprint density at radius 2 is 1.75 bits per heavy atom. The molecular formula is C27H29FN2O2. The first-order valence-corrected chi connectivity index (χ1v) is 11.2. The van der Waals surface area contributed by atoms with Gasteiger partial charge in [0, 0.05) is 37.3 Å². The number of pyridine rings is 1. The van der Waals surface area contributed by atoms with Gasteiger partial charge in [0.2, 0.25) is 5.91 Å². The van der Waals surface area contributed by atoms with Crippen LogP contribution in [0.1, 0.15) is 47.6 Å². The molecule has 3 aromatic rings. The van der Waals surface area contributed by atoms with Crippen LogP contribution in [0.5, 0.6) is 5.75 Å². The third kappa shape index (κ3) is 5.72. The fraction of sp³-hybridized carbons (Fsp3) is 0.333. The van der Waals surface area contributed by atoms with Crippen LogP contribution >= 0.6 is 0 Å². The van der Waals surface area contributed by atoms with Crippen molar-refractivity contribution in [1.82, 2.24) is 9.88 Å². The van der Waals surface area contributed by atoms with Crippen molar-refractivity contribution < 1.29 is 13.9 Å². The topological polar surface area (TPSA) is 42.4 Å². The minimum Gasteiger partial charge on any atom is -0.497 e. The quantitative estimate of drug-likeness (QED) is 0.518. The molecule has 1 saturated heterocycles. The van der Waals surface area contributed by atoms with Gasteiger partial charge in [-0.1, -0.05) is 30.3 Å². The molecule has 32 heavy (non-hydrogen) atoms. The fourth-order valence-corrected chi connectivity index (χ4v) is 4.27. The van der Waals surface area contributed by atoms with Gasteiger partial charge >= 0.3 is 0 Å². The number of amides is 1. The molecule has 0 spiro atoms. The molecule has 166 valence electrons. The molecular weight excluding hydrogens is 403 g/mol. The summed E-state index contributed by atoms with van der Waals surface area (Å²) in [6.45, 7) is 1.55. The van der Waals surface area contributed by atoms with Gasteiger partial charge in [-0.15, -0.1) is 0 Å². The molecule has 4 rings (SSSR count). The van der Waals surface area contributed by atoms with Crippen LogP contribution in [0.3, 0.4) is 0 Å². The minimum absolute atomic E-state index is 0.207. The van der Waals surface area contributed by atoms with Crippen LogP contribution in [-0.2, 0) is 17.6 Å². The summed E-state index contributed by atoms with van der Waals surface area (Å²) in [5.41, 5.74) is 4.35. The van der Waals surface area contributed by atoms with Crippen LogP contribution in [-0.4, -0.2) is 36.0 Å². The molecule has 0 radical (unpaired) electrons. The number of rotatable bonds is 7. The van der Waals surface area contributed by atoms with Crippen LogP contribution in [0.4, 0.5) is 4.39 Å². The zero-order valence-electron chi connectivity index (χ0n) is 18.5. The van der Waals surface area contributed by atoms with Gasteiger partial charge in [-0.3, -0.25) is 9.78 Å². The van der Waals surface area contributed by atoms with Gasteiger partial charge in [0.1, 0.15) is 11.6 Å². The van der Waals surface area contributed by atoms with E-state index in [0.717, 1.165) is 66.9 Å². The number of benzene rings is 2. The predicted octanol–water partition coefficient (Wildman–Crippen LogP) is 5.16. The van der Waals surface area contributed by atoms with Gasteiger partial charge in [0.05, 0.1) is 7.11 Å². The summed E-state index contributed by atoms with van der Waals surface area (Å²) in [5, 5.41) is 0. The van der Waals surface area contributed by atoms with Crippen molar-refractivity contribution in [3.05, 3.63) is 95.1 Å². The molecule has 2 heterocycles. The van der Waals surface area contributed by atoms with Gasteiger partial charge in [-0.05, 0) is 72.7 Å². The number of ether oxygens (including phenoxy) is 1. The first kappa shape index (κ1) is 22.0. The molecule has 0 aliphatic carbocycles. The number of likely N-dealkylation sites (tertiary alicyclic amines) is 1. The van der Waals surface area contributed by atoms with Crippen LogP contribution in [0, 0.1) is 5.82 Å². The highest BCUT2D eigenvalue weighted by Crippen LogP contribution is 2.26. The first-order chi connectivity index (χ1) is 15.6. The van der Waals surface area contributed by atoms with Crippen molar-refractivity contribution in [2.45, 2.75) is 38.0 Å². The summed E-state index contributed by atoms with van der Waals surface area (Å²) in [6, 6.07) is 18.7. The molecule has 1 fully saturated rings. The van der Waals surface area contributed by atoms with E-state index in [9.17, 15) is 9.18 Å². The Balaban J connectivity index is 1.31. The summed E-state index contributed by atoms with van der Waals surface area (Å²) < 4.78 is 18.3. The maximum absolute atomic E-state index is 13.1. The lowest BCUT2D eigenvalue weighted by Gasteiger charge is -2.32. The average Bonchev–Trinajstić information content (AvgIpc) is 2.85. The van der Waals surface area contributed by atoms with Crippen LogP contribution < -0.4 is 4.74 Å². The molecule has 1 aromatic heterocycles. The van der Waals surface area contributed by atoms with E-state index in [0.29, 0.717) is 6.42 Å². The van der Waals surface area contributed by atoms with E-state index in [4.69, 9.17) is 9.72 Å². The summed E-state index contributed by atoms with van der Waals surface area (Å²) in [7, 11) is 1.65. The standard InChI is InChI=1S/C27H29FN2O2/c1-32-25-12-6-20(7-13-25)9-15-27(31)30-16-2-3-23(19-30)26-14-8-22(18-29-26)17-21-4-10-24(28)11-5-21/h4-8,10-14,18,23H,2-3,9,15-17,19H2,1H3. The third-order valence-corrected chi connectivity index (χ3v) is 6.15. The van der Waals surface area contributed by atoms with Crippen LogP contribution in [0.25, 0.3) is 0 Å². The largest absolute Gasteiger partial charge is 0.497 e. The van der Waals surface area contributed by atoms with Gasteiger partial charge in [0.15, 0.2) is 0 Å². The van der Waals surface area contributed by atoms with Gasteiger partial charge in [-0.25, -0.2) is 4.39 Å². The summed E-state index contributed by atoms with van der Waals surface area (Å²) in [5.74, 6) is 1.09. The second-order valence-corrected chi connectivity index (χ2v) is 8.42. The van der Waals surface area contributed by atoms with Gasteiger partial charge in [0.25, 0.3) is 0 Å². The number of carbonyl (C=O) groups excluding carboxylic acids is 1. The number of aryl methyl sites for hydroxylation is 1. The van der Waals surface area contributed by atoms with E-state index in [1.165, 1.54) is 12.1 Å². The second kappa shape index (κ2) is 10.4. The lowest BCUT2D eigenvalue weighted by molar-refractivity contribution is -0.132. The molecule has 5 heteroatoms. The van der Waals surface area contributed by atoms with Crippen molar-refractivity contribution in [2.24, 2.45) is 0 Å². The Morgan fingerprint density at radius 3 is 2.44 bits per heavy atom. The average molecular weight is 433 g/mol. The molecule has 1 atom stereocenters. The molecule has 1 amide bonds. The lowest BCUT2D eigenvalue weighted by atomic mass is 9.93. The lowest BCUT2D eigenvalue weighted by Crippen LogP contribution is -2.39. The van der Waals surface area contributed by atoms with Gasteiger partial charge < -0.3 is 9.64 Å². The van der Waals surface area contributed by atoms with Crippen molar-refractivity contribution >= 4 is 5.91 Å². The van der Waals surface area contributed by atoms with Crippen molar-refractivity contribution in [1.29, 1.82) is 0 Å². The second-order valence-electron chi connectivity index (χ2n) is 8.42. The number of hydrogen-bond acceptors (Lipinski definition) is 3. The van der Waals surface area contributed by atoms with Crippen molar-refractivity contribution in [3.63, 3.8) is 0 Å². The summed E-state index contributed by atoms with van der Waals surface area (Å²) in [6.07, 6.45) is 5.94. The number of piperidine rings is 1. The normalized spacial score (nSPS) is 16.1. The minimum atomic E-state index is -0.220. The van der Waals surface area contributed by atoms with E-state index >= 15 is 0 Å². The Morgan fingerprint density at radius 1 is 1.03 bits per heavy atom. The molecule has 1 unspecified atom stereocenters. The molecule has 4 nitrogen and oxygen atoms in total. The van der Waals surface area contributed by atoms with E-state index in [1.807, 2.05) is 35.4 Å². The zero-order chi connectivity index (χ0) is 22.3. The van der Waals surface area contributed by atoms with Crippen LogP contribution in [0.15, 0.2) is 66.9 Å². The molecule has 1 aliphatic heterocycles. The smallest absolute Gasteiger partial charge is 0.222 e. The Labute approximate surface area is 189 Å². The van der Waals surface area contributed by atoms with E-state index in [2.05, 4.69) is 12.1 Å². The number of methoxy groups -OCH3 is 1. The van der Waals surface area contributed by atoms with E-state index in [1.54, 1.807) is 19.2 Å². The van der Waals surface area contributed by atoms with Crippen LogP contribution in [0.2, 0.25) is 0 Å². The van der Waals surface area contributed by atoms with Crippen molar-refractivity contribution in [3.8, 4) is 5.75 Å². The number of halogens is 1. The summed E-state index contributed by atoms with van der Waals surface area (Å²) >= 11 is 0. The van der Waals surface area contributed by atoms with Crippen molar-refractivity contribution in [2.75, 3.05) is 20.2 Å². The number of aromatic nitrogens is 1. The fourth-order valence-electron chi connectivity index (χ4n) is 4.27. The highest BCUT2D eigenvalue weighted by Gasteiger charge is 2.25. The molecule has 0 saturated carbocycles. The predicted molar refractivity (Wildman–Crippen MR) is 123 cm³/mol. The molecule has 0 bridgehead atoms. The van der Waals surface area contributed by atoms with Gasteiger partial charge in [-0.2, -0.15) is 0 Å². The summed E-state index contributed by atoms with van der Waals surface area (Å²) in [4.78, 5) is 19.5. The molecule has 0 N–H and O–H groups in total. The Kier molecular flexibility index (Phi) is 7.15. The number of carbonyl (C=O) groups is 1. The van der Waals surface area contributed by atoms with E-state index < -0.39 is 0 Å². The number of hydrogen-bond donors (Lipinski definition) is 0. The highest BCUT2D eigenvalue weighted by molar-refractivity contribution is 5.76.